The van der Waals surface area contributed by atoms with E-state index in [1.807, 2.05) is 33.3 Å². The summed E-state index contributed by atoms with van der Waals surface area (Å²) in [5.74, 6) is 2.65. The lowest BCUT2D eigenvalue weighted by Gasteiger charge is -1.84. The van der Waals surface area contributed by atoms with Crippen LogP contribution in [0.1, 0.15) is 6.42 Å². The van der Waals surface area contributed by atoms with E-state index in [9.17, 15) is 0 Å². The standard InChI is InChI=1S/C4H7S3/c1-2-5-4-7-6-3-1/h4H,1-3H2. The zero-order valence-electron chi connectivity index (χ0n) is 3.92. The van der Waals surface area contributed by atoms with Crippen molar-refractivity contribution in [2.75, 3.05) is 11.5 Å². The number of thioether (sulfide) groups is 1. The van der Waals surface area contributed by atoms with Crippen LogP contribution in [0.5, 0.6) is 0 Å². The van der Waals surface area contributed by atoms with Gasteiger partial charge in [0.2, 0.25) is 0 Å². The summed E-state index contributed by atoms with van der Waals surface area (Å²) in [6.07, 6.45) is 1.37. The first-order valence-electron chi connectivity index (χ1n) is 2.22. The van der Waals surface area contributed by atoms with Crippen LogP contribution in [-0.2, 0) is 0 Å². The summed E-state index contributed by atoms with van der Waals surface area (Å²) in [6, 6.07) is 0. The molecule has 1 fully saturated rings. The first-order valence-corrected chi connectivity index (χ1v) is 5.65. The van der Waals surface area contributed by atoms with Gasteiger partial charge in [0.25, 0.3) is 0 Å². The van der Waals surface area contributed by atoms with E-state index in [1.54, 1.807) is 0 Å². The molecular formula is C4H7S3. The summed E-state index contributed by atoms with van der Waals surface area (Å²) < 4.78 is 0. The Morgan fingerprint density at radius 3 is 3.29 bits per heavy atom. The first-order chi connectivity index (χ1) is 3.50. The average Bonchev–Trinajstić information content (AvgIpc) is 1.90. The van der Waals surface area contributed by atoms with Crippen molar-refractivity contribution in [1.29, 1.82) is 0 Å². The third kappa shape index (κ3) is 2.77. The molecule has 3 heteroatoms. The fraction of sp³-hybridized carbons (Fsp3) is 0.750. The molecule has 1 rings (SSSR count). The van der Waals surface area contributed by atoms with Crippen LogP contribution >= 0.6 is 33.3 Å². The molecule has 0 amide bonds. The van der Waals surface area contributed by atoms with Crippen molar-refractivity contribution in [2.45, 2.75) is 6.42 Å². The van der Waals surface area contributed by atoms with Crippen LogP contribution in [0.15, 0.2) is 0 Å². The van der Waals surface area contributed by atoms with E-state index < -0.39 is 0 Å². The van der Waals surface area contributed by atoms with Gasteiger partial charge in [-0.15, -0.1) is 11.8 Å². The topological polar surface area (TPSA) is 0 Å². The molecular weight excluding hydrogens is 144 g/mol. The predicted octanol–water partition coefficient (Wildman–Crippen LogP) is 2.62. The molecule has 0 spiro atoms. The van der Waals surface area contributed by atoms with Gasteiger partial charge in [-0.25, -0.2) is 0 Å². The van der Waals surface area contributed by atoms with Crippen LogP contribution in [0.3, 0.4) is 0 Å². The Hall–Kier alpha value is 1.05. The summed E-state index contributed by atoms with van der Waals surface area (Å²) >= 11 is 1.93. The molecule has 41 valence electrons. The lowest BCUT2D eigenvalue weighted by atomic mass is 10.6. The van der Waals surface area contributed by atoms with Crippen molar-refractivity contribution >= 4 is 33.3 Å². The van der Waals surface area contributed by atoms with E-state index in [1.165, 1.54) is 17.9 Å². The van der Waals surface area contributed by atoms with Gasteiger partial charge in [-0.3, -0.25) is 0 Å². The van der Waals surface area contributed by atoms with Crippen LogP contribution in [0, 0.1) is 5.08 Å². The maximum absolute atomic E-state index is 2.22. The van der Waals surface area contributed by atoms with E-state index in [2.05, 4.69) is 5.08 Å². The van der Waals surface area contributed by atoms with Crippen molar-refractivity contribution in [2.24, 2.45) is 0 Å². The molecule has 0 bridgehead atoms. The summed E-state index contributed by atoms with van der Waals surface area (Å²) in [5, 5.41) is 2.22. The van der Waals surface area contributed by atoms with Gasteiger partial charge in [0, 0.05) is 5.75 Å². The second-order valence-corrected chi connectivity index (χ2v) is 4.87. The summed E-state index contributed by atoms with van der Waals surface area (Å²) in [4.78, 5) is 0. The fourth-order valence-electron chi connectivity index (χ4n) is 0.353. The quantitative estimate of drug-likeness (QED) is 0.488. The molecule has 7 heavy (non-hydrogen) atoms. The van der Waals surface area contributed by atoms with Crippen LogP contribution in [0.2, 0.25) is 0 Å². The lowest BCUT2D eigenvalue weighted by molar-refractivity contribution is 1.13. The van der Waals surface area contributed by atoms with E-state index in [4.69, 9.17) is 0 Å². The molecule has 0 saturated carbocycles. The molecule has 1 aliphatic heterocycles. The molecule has 1 aliphatic rings. The number of hydrogen-bond donors (Lipinski definition) is 0. The molecule has 0 aromatic rings. The van der Waals surface area contributed by atoms with Crippen LogP contribution in [0.4, 0.5) is 0 Å². The third-order valence-corrected chi connectivity index (χ3v) is 4.25. The Kier molecular flexibility index (Phi) is 3.51. The van der Waals surface area contributed by atoms with E-state index in [0.29, 0.717) is 0 Å². The molecule has 0 N–H and O–H groups in total. The Morgan fingerprint density at radius 2 is 2.29 bits per heavy atom. The molecule has 1 heterocycles. The zero-order chi connectivity index (χ0) is 4.95. The molecule has 0 aromatic heterocycles. The van der Waals surface area contributed by atoms with Gasteiger partial charge in [-0.05, 0) is 12.2 Å². The molecule has 0 nitrogen and oxygen atoms in total. The fourth-order valence-corrected chi connectivity index (χ4v) is 3.68. The van der Waals surface area contributed by atoms with Gasteiger partial charge in [-0.1, -0.05) is 21.6 Å². The van der Waals surface area contributed by atoms with Gasteiger partial charge in [0.1, 0.15) is 0 Å². The maximum atomic E-state index is 2.22. The predicted molar refractivity (Wildman–Crippen MR) is 41.4 cm³/mol. The highest BCUT2D eigenvalue weighted by Crippen LogP contribution is 2.34. The largest absolute Gasteiger partial charge is 0.145 e. The Morgan fingerprint density at radius 1 is 1.29 bits per heavy atom. The average molecular weight is 151 g/mol. The van der Waals surface area contributed by atoms with E-state index >= 15 is 0 Å². The smallest absolute Gasteiger partial charge is 0.0824 e. The molecule has 1 saturated heterocycles. The van der Waals surface area contributed by atoms with Crippen LogP contribution in [-0.4, -0.2) is 11.5 Å². The molecule has 0 atom stereocenters. The Labute approximate surface area is 56.6 Å². The van der Waals surface area contributed by atoms with E-state index in [0.717, 1.165) is 0 Å². The number of hydrogen-bond acceptors (Lipinski definition) is 3. The van der Waals surface area contributed by atoms with Crippen molar-refractivity contribution in [3.05, 3.63) is 5.08 Å². The van der Waals surface area contributed by atoms with Crippen LogP contribution < -0.4 is 0 Å². The van der Waals surface area contributed by atoms with Crippen LogP contribution in [0.25, 0.3) is 0 Å². The normalized spacial score (nSPS) is 24.0. The Bertz CT molecular complexity index is 26.5. The third-order valence-electron chi connectivity index (χ3n) is 0.665. The molecule has 0 aromatic carbocycles. The summed E-state index contributed by atoms with van der Waals surface area (Å²) in [5.41, 5.74) is 0. The minimum atomic E-state index is 1.32. The van der Waals surface area contributed by atoms with Gasteiger partial charge < -0.3 is 0 Å². The summed E-state index contributed by atoms with van der Waals surface area (Å²) in [7, 11) is 3.83. The van der Waals surface area contributed by atoms with Gasteiger partial charge in [-0.2, -0.15) is 0 Å². The van der Waals surface area contributed by atoms with Gasteiger partial charge in [0.05, 0.1) is 5.08 Å². The minimum Gasteiger partial charge on any atom is -0.145 e. The van der Waals surface area contributed by atoms with Crippen molar-refractivity contribution in [3.63, 3.8) is 0 Å². The first kappa shape index (κ1) is 6.17. The zero-order valence-corrected chi connectivity index (χ0v) is 6.37. The second kappa shape index (κ2) is 3.98. The maximum Gasteiger partial charge on any atom is 0.0824 e. The summed E-state index contributed by atoms with van der Waals surface area (Å²) in [6.45, 7) is 0. The monoisotopic (exact) mass is 151 g/mol. The highest BCUT2D eigenvalue weighted by Gasteiger charge is 1.97. The lowest BCUT2D eigenvalue weighted by Crippen LogP contribution is -1.75. The van der Waals surface area contributed by atoms with Crippen molar-refractivity contribution in [3.8, 4) is 0 Å². The highest BCUT2D eigenvalue weighted by atomic mass is 33.1. The van der Waals surface area contributed by atoms with Crippen molar-refractivity contribution in [1.82, 2.24) is 0 Å². The number of rotatable bonds is 0. The SMILES string of the molecule is [CH]1SCCCSS1. The Balaban J connectivity index is 2.04. The minimum absolute atomic E-state index is 1.32. The van der Waals surface area contributed by atoms with E-state index in [-0.39, 0.29) is 0 Å². The van der Waals surface area contributed by atoms with Gasteiger partial charge >= 0.3 is 0 Å². The van der Waals surface area contributed by atoms with Crippen molar-refractivity contribution < 1.29 is 0 Å². The molecule has 0 unspecified atom stereocenters. The second-order valence-electron chi connectivity index (χ2n) is 1.24. The van der Waals surface area contributed by atoms with Gasteiger partial charge in [0.15, 0.2) is 0 Å². The highest BCUT2D eigenvalue weighted by molar-refractivity contribution is 8.79. The molecule has 0 aliphatic carbocycles. The molecule has 1 radical (unpaired) electrons.